The zero-order chi connectivity index (χ0) is 16.9. The summed E-state index contributed by atoms with van der Waals surface area (Å²) >= 11 is 0. The Balaban J connectivity index is 1.63. The predicted molar refractivity (Wildman–Crippen MR) is 89.4 cm³/mol. The van der Waals surface area contributed by atoms with E-state index in [2.05, 4.69) is 15.5 Å². The number of carbonyl (C=O) groups is 1. The van der Waals surface area contributed by atoms with Gasteiger partial charge in [0, 0.05) is 13.1 Å². The van der Waals surface area contributed by atoms with Crippen LogP contribution in [0.1, 0.15) is 37.4 Å². The first kappa shape index (κ1) is 16.4. The van der Waals surface area contributed by atoms with Crippen molar-refractivity contribution in [3.8, 4) is 0 Å². The number of nitrogens with zero attached hydrogens (tertiary/aromatic N) is 4. The fourth-order valence-corrected chi connectivity index (χ4v) is 2.85. The van der Waals surface area contributed by atoms with E-state index in [1.807, 2.05) is 48.7 Å². The number of carbonyl (C=O) groups excluding carboxylic acids is 1. The normalized spacial score (nSPS) is 19.1. The maximum Gasteiger partial charge on any atom is 0.318 e. The molecule has 0 unspecified atom stereocenters. The Hall–Kier alpha value is -2.41. The highest BCUT2D eigenvalue weighted by molar-refractivity contribution is 5.74. The Morgan fingerprint density at radius 2 is 2.21 bits per heavy atom. The molecule has 128 valence electrons. The van der Waals surface area contributed by atoms with Gasteiger partial charge in [0.05, 0.1) is 19.2 Å². The number of urea groups is 1. The lowest BCUT2D eigenvalue weighted by Crippen LogP contribution is -2.48. The highest BCUT2D eigenvalue weighted by atomic mass is 16.5. The molecule has 2 heterocycles. The van der Waals surface area contributed by atoms with Crippen LogP contribution in [0, 0.1) is 0 Å². The molecule has 0 saturated carbocycles. The molecule has 1 aliphatic rings. The SMILES string of the molecule is CCn1cnnc1[C@H]1CN(C(=O)N[C@H](C)c2ccccc2)CCO1. The van der Waals surface area contributed by atoms with Gasteiger partial charge in [0.15, 0.2) is 5.82 Å². The molecule has 24 heavy (non-hydrogen) atoms. The molecule has 2 atom stereocenters. The second kappa shape index (κ2) is 7.44. The Bertz CT molecular complexity index is 673. The monoisotopic (exact) mass is 329 g/mol. The van der Waals surface area contributed by atoms with Gasteiger partial charge in [-0.15, -0.1) is 10.2 Å². The van der Waals surface area contributed by atoms with Crippen LogP contribution >= 0.6 is 0 Å². The van der Waals surface area contributed by atoms with Crippen LogP contribution in [0.3, 0.4) is 0 Å². The summed E-state index contributed by atoms with van der Waals surface area (Å²) in [5.41, 5.74) is 1.08. The molecule has 0 radical (unpaired) electrons. The van der Waals surface area contributed by atoms with E-state index in [4.69, 9.17) is 4.74 Å². The molecule has 1 aromatic carbocycles. The standard InChI is InChI=1S/C17H23N5O2/c1-3-21-12-18-20-16(21)15-11-22(9-10-24-15)17(23)19-13(2)14-7-5-4-6-8-14/h4-8,12-13,15H,3,9-11H2,1-2H3,(H,19,23)/t13-,15-/m1/s1. The Labute approximate surface area is 141 Å². The van der Waals surface area contributed by atoms with Crippen LogP contribution in [-0.4, -0.2) is 45.4 Å². The summed E-state index contributed by atoms with van der Waals surface area (Å²) in [6, 6.07) is 9.81. The molecule has 1 N–H and O–H groups in total. The predicted octanol–water partition coefficient (Wildman–Crippen LogP) is 2.14. The summed E-state index contributed by atoms with van der Waals surface area (Å²) in [5.74, 6) is 0.770. The van der Waals surface area contributed by atoms with Crippen molar-refractivity contribution < 1.29 is 9.53 Å². The van der Waals surface area contributed by atoms with Crippen LogP contribution in [-0.2, 0) is 11.3 Å². The second-order valence-corrected chi connectivity index (χ2v) is 5.86. The third-order valence-electron chi connectivity index (χ3n) is 4.27. The molecule has 0 bridgehead atoms. The number of aromatic nitrogens is 3. The van der Waals surface area contributed by atoms with Crippen molar-refractivity contribution in [3.63, 3.8) is 0 Å². The van der Waals surface area contributed by atoms with E-state index in [1.165, 1.54) is 0 Å². The number of ether oxygens (including phenoxy) is 1. The van der Waals surface area contributed by atoms with Gasteiger partial charge in [-0.25, -0.2) is 4.79 Å². The van der Waals surface area contributed by atoms with Gasteiger partial charge in [-0.1, -0.05) is 30.3 Å². The van der Waals surface area contributed by atoms with E-state index in [0.717, 1.165) is 17.9 Å². The zero-order valence-corrected chi connectivity index (χ0v) is 14.1. The minimum Gasteiger partial charge on any atom is -0.366 e. The molecule has 7 heteroatoms. The largest absolute Gasteiger partial charge is 0.366 e. The van der Waals surface area contributed by atoms with Gasteiger partial charge in [0.2, 0.25) is 0 Å². The number of aryl methyl sites for hydroxylation is 1. The van der Waals surface area contributed by atoms with Crippen LogP contribution < -0.4 is 5.32 Å². The summed E-state index contributed by atoms with van der Waals surface area (Å²) in [5, 5.41) is 11.1. The number of rotatable bonds is 4. The van der Waals surface area contributed by atoms with Gasteiger partial charge in [0.1, 0.15) is 12.4 Å². The van der Waals surface area contributed by atoms with Gasteiger partial charge >= 0.3 is 6.03 Å². The smallest absolute Gasteiger partial charge is 0.318 e. The summed E-state index contributed by atoms with van der Waals surface area (Å²) < 4.78 is 7.73. The van der Waals surface area contributed by atoms with E-state index in [0.29, 0.717) is 19.7 Å². The average molecular weight is 329 g/mol. The molecule has 0 spiro atoms. The highest BCUT2D eigenvalue weighted by Gasteiger charge is 2.29. The minimum absolute atomic E-state index is 0.0423. The first-order chi connectivity index (χ1) is 11.7. The first-order valence-corrected chi connectivity index (χ1v) is 8.28. The number of morpholine rings is 1. The van der Waals surface area contributed by atoms with Gasteiger partial charge in [-0.2, -0.15) is 0 Å². The Morgan fingerprint density at radius 1 is 1.42 bits per heavy atom. The van der Waals surface area contributed by atoms with Crippen LogP contribution in [0.15, 0.2) is 36.7 Å². The van der Waals surface area contributed by atoms with Crippen molar-refractivity contribution in [2.75, 3.05) is 19.7 Å². The van der Waals surface area contributed by atoms with E-state index in [1.54, 1.807) is 11.2 Å². The highest BCUT2D eigenvalue weighted by Crippen LogP contribution is 2.21. The summed E-state index contributed by atoms with van der Waals surface area (Å²) in [6.07, 6.45) is 1.45. The van der Waals surface area contributed by atoms with Crippen molar-refractivity contribution in [1.29, 1.82) is 0 Å². The number of hydrogen-bond acceptors (Lipinski definition) is 4. The van der Waals surface area contributed by atoms with Crippen molar-refractivity contribution in [1.82, 2.24) is 25.0 Å². The van der Waals surface area contributed by atoms with Crippen LogP contribution in [0.2, 0.25) is 0 Å². The van der Waals surface area contributed by atoms with Gasteiger partial charge < -0.3 is 19.5 Å². The van der Waals surface area contributed by atoms with Crippen molar-refractivity contribution >= 4 is 6.03 Å². The average Bonchev–Trinajstić information content (AvgIpc) is 3.11. The number of benzene rings is 1. The molecule has 2 aromatic rings. The fourth-order valence-electron chi connectivity index (χ4n) is 2.85. The van der Waals surface area contributed by atoms with E-state index < -0.39 is 0 Å². The van der Waals surface area contributed by atoms with Crippen molar-refractivity contribution in [2.24, 2.45) is 0 Å². The summed E-state index contributed by atoms with van der Waals surface area (Å²) in [4.78, 5) is 14.3. The van der Waals surface area contributed by atoms with Crippen LogP contribution in [0.4, 0.5) is 4.79 Å². The lowest BCUT2D eigenvalue weighted by molar-refractivity contribution is -0.0220. The molecule has 3 rings (SSSR count). The number of nitrogens with one attached hydrogen (secondary N) is 1. The fraction of sp³-hybridized carbons (Fsp3) is 0.471. The molecule has 2 amide bonds. The summed E-state index contributed by atoms with van der Waals surface area (Å²) in [6.45, 7) is 6.34. The van der Waals surface area contributed by atoms with Gasteiger partial charge in [0.25, 0.3) is 0 Å². The lowest BCUT2D eigenvalue weighted by atomic mass is 10.1. The van der Waals surface area contributed by atoms with Crippen molar-refractivity contribution in [2.45, 2.75) is 32.5 Å². The summed E-state index contributed by atoms with van der Waals surface area (Å²) in [7, 11) is 0. The Morgan fingerprint density at radius 3 is 2.96 bits per heavy atom. The first-order valence-electron chi connectivity index (χ1n) is 8.28. The number of hydrogen-bond donors (Lipinski definition) is 1. The molecule has 1 fully saturated rings. The second-order valence-electron chi connectivity index (χ2n) is 5.86. The quantitative estimate of drug-likeness (QED) is 0.933. The molecular weight excluding hydrogens is 306 g/mol. The van der Waals surface area contributed by atoms with Crippen LogP contribution in [0.5, 0.6) is 0 Å². The number of amides is 2. The van der Waals surface area contributed by atoms with E-state index >= 15 is 0 Å². The third-order valence-corrected chi connectivity index (χ3v) is 4.27. The van der Waals surface area contributed by atoms with Crippen molar-refractivity contribution in [3.05, 3.63) is 48.0 Å². The molecule has 1 saturated heterocycles. The molecule has 0 aliphatic carbocycles. The molecule has 1 aromatic heterocycles. The Kier molecular flexibility index (Phi) is 5.10. The van der Waals surface area contributed by atoms with E-state index in [9.17, 15) is 4.79 Å². The molecular formula is C17H23N5O2. The maximum atomic E-state index is 12.6. The third kappa shape index (κ3) is 3.56. The van der Waals surface area contributed by atoms with Gasteiger partial charge in [-0.05, 0) is 19.4 Å². The molecule has 1 aliphatic heterocycles. The minimum atomic E-state index is -0.237. The van der Waals surface area contributed by atoms with E-state index in [-0.39, 0.29) is 18.2 Å². The lowest BCUT2D eigenvalue weighted by Gasteiger charge is -2.33. The molecule has 7 nitrogen and oxygen atoms in total. The van der Waals surface area contributed by atoms with Gasteiger partial charge in [-0.3, -0.25) is 0 Å². The van der Waals surface area contributed by atoms with Crippen LogP contribution in [0.25, 0.3) is 0 Å². The topological polar surface area (TPSA) is 72.3 Å². The maximum absolute atomic E-state index is 12.6. The zero-order valence-electron chi connectivity index (χ0n) is 14.1.